The van der Waals surface area contributed by atoms with Gasteiger partial charge in [-0.05, 0) is 69.5 Å². The molecule has 0 saturated heterocycles. The number of nitrogens with zero attached hydrogens (tertiary/aromatic N) is 4. The molecular weight excluding hydrogens is 527 g/mol. The van der Waals surface area contributed by atoms with Gasteiger partial charge in [-0.1, -0.05) is 18.1 Å². The Hall–Kier alpha value is -4.98. The number of phenolic OH excluding ortho intramolecular Hbond substituents is 1. The van der Waals surface area contributed by atoms with Crippen molar-refractivity contribution in [2.45, 2.75) is 46.3 Å². The summed E-state index contributed by atoms with van der Waals surface area (Å²) >= 11 is 0. The van der Waals surface area contributed by atoms with Gasteiger partial charge >= 0.3 is 0 Å². The van der Waals surface area contributed by atoms with E-state index in [4.69, 9.17) is 0 Å². The van der Waals surface area contributed by atoms with Crippen molar-refractivity contribution in [3.63, 3.8) is 0 Å². The summed E-state index contributed by atoms with van der Waals surface area (Å²) < 4.78 is 14.9. The number of aliphatic imine (C=N–C) groups is 1. The third kappa shape index (κ3) is 6.97. The Labute approximate surface area is 237 Å². The van der Waals surface area contributed by atoms with E-state index in [1.807, 2.05) is 0 Å². The van der Waals surface area contributed by atoms with Crippen LogP contribution >= 0.6 is 0 Å². The zero-order chi connectivity index (χ0) is 29.5. The van der Waals surface area contributed by atoms with Crippen molar-refractivity contribution >= 4 is 35.3 Å². The van der Waals surface area contributed by atoms with Gasteiger partial charge < -0.3 is 20.6 Å². The fraction of sp³-hybridized carbons (Fsp3) is 0.300. The number of alkyl halides is 1. The van der Waals surface area contributed by atoms with Crippen LogP contribution in [0.25, 0.3) is 5.70 Å². The fourth-order valence-corrected chi connectivity index (χ4v) is 4.37. The van der Waals surface area contributed by atoms with Gasteiger partial charge in [0.2, 0.25) is 5.78 Å². The van der Waals surface area contributed by atoms with Crippen molar-refractivity contribution in [1.29, 1.82) is 0 Å². The van der Waals surface area contributed by atoms with Gasteiger partial charge in [-0.15, -0.1) is 5.92 Å². The average Bonchev–Trinajstić information content (AvgIpc) is 3.23. The summed E-state index contributed by atoms with van der Waals surface area (Å²) in [4.78, 5) is 45.4. The largest absolute Gasteiger partial charge is 0.508 e. The van der Waals surface area contributed by atoms with Crippen LogP contribution in [-0.2, 0) is 11.3 Å². The first-order chi connectivity index (χ1) is 19.7. The lowest BCUT2D eigenvalue weighted by atomic mass is 10.1. The molecule has 2 aliphatic rings. The van der Waals surface area contributed by atoms with E-state index in [9.17, 15) is 23.9 Å². The molecular formula is C30H31FN6O4. The number of hydrogen-bond acceptors (Lipinski definition) is 7. The van der Waals surface area contributed by atoms with Gasteiger partial charge in [-0.2, -0.15) is 5.10 Å². The minimum atomic E-state index is -1.18. The topological polar surface area (TPSA) is 129 Å². The van der Waals surface area contributed by atoms with Gasteiger partial charge in [-0.25, -0.2) is 14.1 Å². The lowest BCUT2D eigenvalue weighted by Crippen LogP contribution is -2.26. The van der Waals surface area contributed by atoms with E-state index < -0.39 is 18.0 Å². The SMILES string of the molecule is CC#CCNC(=O)c1cc(O)cc(C)c1NC(=O)c1cc(CN2C=NC(C(C)F)=CC2)nn1C1=CCCC=CC1=O. The number of carbonyl (C=O) groups excluding carboxylic acids is 3. The molecule has 0 fully saturated rings. The molecule has 2 aromatic rings. The number of ketones is 1. The molecule has 1 aliphatic heterocycles. The third-order valence-corrected chi connectivity index (χ3v) is 6.41. The minimum Gasteiger partial charge on any atom is -0.508 e. The number of benzene rings is 1. The summed E-state index contributed by atoms with van der Waals surface area (Å²) in [5.74, 6) is 3.86. The first-order valence-corrected chi connectivity index (χ1v) is 13.1. The van der Waals surface area contributed by atoms with Crippen LogP contribution in [0.15, 0.2) is 53.2 Å². The number of aromatic nitrogens is 2. The number of allylic oxidation sites excluding steroid dienone is 5. The molecule has 1 aromatic carbocycles. The summed E-state index contributed by atoms with van der Waals surface area (Å²) in [6.45, 7) is 5.47. The lowest BCUT2D eigenvalue weighted by molar-refractivity contribution is -0.110. The number of rotatable bonds is 8. The number of nitrogens with one attached hydrogen (secondary N) is 2. The van der Waals surface area contributed by atoms with E-state index in [1.54, 1.807) is 43.0 Å². The quantitative estimate of drug-likeness (QED) is 0.334. The summed E-state index contributed by atoms with van der Waals surface area (Å²) in [7, 11) is 0. The molecule has 0 saturated carbocycles. The van der Waals surface area contributed by atoms with Gasteiger partial charge in [0.1, 0.15) is 23.3 Å². The van der Waals surface area contributed by atoms with Crippen LogP contribution in [-0.4, -0.2) is 63.0 Å². The molecule has 41 heavy (non-hydrogen) atoms. The molecule has 2 heterocycles. The van der Waals surface area contributed by atoms with Gasteiger partial charge in [0.25, 0.3) is 11.8 Å². The molecule has 11 heteroatoms. The third-order valence-electron chi connectivity index (χ3n) is 6.41. The van der Waals surface area contributed by atoms with Crippen LogP contribution in [0.3, 0.4) is 0 Å². The van der Waals surface area contributed by atoms with Crippen LogP contribution in [0.5, 0.6) is 5.75 Å². The first-order valence-electron chi connectivity index (χ1n) is 13.1. The second kappa shape index (κ2) is 12.9. The van der Waals surface area contributed by atoms with Crippen molar-refractivity contribution in [3.05, 3.63) is 70.7 Å². The number of halogens is 1. The van der Waals surface area contributed by atoms with Gasteiger partial charge in [0.05, 0.1) is 42.1 Å². The Bertz CT molecular complexity index is 1550. The van der Waals surface area contributed by atoms with Crippen molar-refractivity contribution in [2.75, 3.05) is 18.4 Å². The fourth-order valence-electron chi connectivity index (χ4n) is 4.37. The Kier molecular flexibility index (Phi) is 9.14. The molecule has 2 amide bonds. The predicted molar refractivity (Wildman–Crippen MR) is 154 cm³/mol. The van der Waals surface area contributed by atoms with Crippen molar-refractivity contribution < 1.29 is 23.9 Å². The average molecular weight is 559 g/mol. The van der Waals surface area contributed by atoms with E-state index >= 15 is 0 Å². The van der Waals surface area contributed by atoms with Crippen LogP contribution < -0.4 is 10.6 Å². The van der Waals surface area contributed by atoms with Crippen LogP contribution in [0.2, 0.25) is 0 Å². The Morgan fingerprint density at radius 1 is 1.20 bits per heavy atom. The van der Waals surface area contributed by atoms with E-state index in [2.05, 4.69) is 32.6 Å². The molecule has 212 valence electrons. The molecule has 10 nitrogen and oxygen atoms in total. The highest BCUT2D eigenvalue weighted by molar-refractivity contribution is 6.22. The maximum Gasteiger partial charge on any atom is 0.274 e. The summed E-state index contributed by atoms with van der Waals surface area (Å²) in [5, 5.41) is 20.1. The maximum atomic E-state index is 13.7. The summed E-state index contributed by atoms with van der Waals surface area (Å²) in [5.41, 5.74) is 1.85. The number of carbonyl (C=O) groups is 3. The number of amides is 2. The van der Waals surface area contributed by atoms with E-state index in [1.165, 1.54) is 36.2 Å². The zero-order valence-electron chi connectivity index (χ0n) is 23.1. The molecule has 0 spiro atoms. The number of phenols is 1. The normalized spacial score (nSPS) is 15.3. The van der Waals surface area contributed by atoms with Crippen LogP contribution in [0.4, 0.5) is 10.1 Å². The Morgan fingerprint density at radius 2 is 2.00 bits per heavy atom. The number of aromatic hydroxyl groups is 1. The summed E-state index contributed by atoms with van der Waals surface area (Å²) in [6.07, 6.45) is 8.24. The molecule has 0 radical (unpaired) electrons. The standard InChI is InChI=1S/C30H31FN6O4/c1-4-5-12-32-29(40)23-16-22(38)14-19(2)28(23)34-30(41)26-15-21(17-36-13-11-24(20(3)31)33-18-36)35-37(26)25-9-7-6-8-10-27(25)39/h8-11,14-16,18,20,38H,6-7,12-13,17H2,1-3H3,(H,32,40)(H,34,41). The molecule has 3 N–H and O–H groups in total. The van der Waals surface area contributed by atoms with Crippen molar-refractivity contribution in [2.24, 2.45) is 4.99 Å². The highest BCUT2D eigenvalue weighted by Crippen LogP contribution is 2.28. The highest BCUT2D eigenvalue weighted by Gasteiger charge is 2.25. The van der Waals surface area contributed by atoms with Crippen molar-refractivity contribution in [1.82, 2.24) is 20.0 Å². The van der Waals surface area contributed by atoms with Gasteiger partial charge in [0, 0.05) is 6.54 Å². The van der Waals surface area contributed by atoms with Gasteiger partial charge in [-0.3, -0.25) is 14.4 Å². The van der Waals surface area contributed by atoms with E-state index in [-0.39, 0.29) is 47.3 Å². The van der Waals surface area contributed by atoms with Crippen molar-refractivity contribution in [3.8, 4) is 17.6 Å². The zero-order valence-corrected chi connectivity index (χ0v) is 23.1. The predicted octanol–water partition coefficient (Wildman–Crippen LogP) is 3.75. The summed E-state index contributed by atoms with van der Waals surface area (Å²) in [6, 6.07) is 4.26. The maximum absolute atomic E-state index is 13.7. The monoisotopic (exact) mass is 558 g/mol. The van der Waals surface area contributed by atoms with Crippen LogP contribution in [0, 0.1) is 18.8 Å². The molecule has 1 atom stereocenters. The second-order valence-electron chi connectivity index (χ2n) is 9.53. The molecule has 4 rings (SSSR count). The molecule has 1 aromatic heterocycles. The molecule has 0 bridgehead atoms. The molecule has 1 unspecified atom stereocenters. The van der Waals surface area contributed by atoms with E-state index in [0.29, 0.717) is 36.3 Å². The lowest BCUT2D eigenvalue weighted by Gasteiger charge is -2.20. The van der Waals surface area contributed by atoms with E-state index in [0.717, 1.165) is 0 Å². The van der Waals surface area contributed by atoms with Gasteiger partial charge in [0.15, 0.2) is 0 Å². The molecule has 1 aliphatic carbocycles. The Morgan fingerprint density at radius 3 is 2.71 bits per heavy atom. The van der Waals surface area contributed by atoms with Crippen LogP contribution in [0.1, 0.15) is 58.8 Å². The Balaban J connectivity index is 1.68. The number of hydrogen-bond donors (Lipinski definition) is 3. The number of aryl methyl sites for hydroxylation is 1. The second-order valence-corrected chi connectivity index (χ2v) is 9.53. The highest BCUT2D eigenvalue weighted by atomic mass is 19.1. The minimum absolute atomic E-state index is 0.0574. The number of anilines is 1. The smallest absolute Gasteiger partial charge is 0.274 e. The first kappa shape index (κ1) is 29.0.